The molecule has 0 atom stereocenters. The molecule has 9 heteroatoms. The fourth-order valence-corrected chi connectivity index (χ4v) is 3.36. The number of hydrogen-bond acceptors (Lipinski definition) is 6. The summed E-state index contributed by atoms with van der Waals surface area (Å²) in [5.74, 6) is 0.698. The number of rotatable bonds is 9. The van der Waals surface area contributed by atoms with Crippen molar-refractivity contribution >= 4 is 23.7 Å². The summed E-state index contributed by atoms with van der Waals surface area (Å²) in [7, 11) is 7.64. The number of ether oxygens (including phenoxy) is 4. The van der Waals surface area contributed by atoms with E-state index in [0.717, 1.165) is 5.56 Å². The van der Waals surface area contributed by atoms with E-state index in [2.05, 4.69) is 10.7 Å². The molecule has 0 aliphatic heterocycles. The molecule has 0 aliphatic carbocycles. The number of benzene rings is 3. The van der Waals surface area contributed by atoms with E-state index in [-0.39, 0.29) is 11.3 Å². The lowest BCUT2D eigenvalue weighted by atomic mass is 10.1. The Morgan fingerprint density at radius 3 is 1.97 bits per heavy atom. The minimum absolute atomic E-state index is 0.185. The number of nitrogens with zero attached hydrogens (tertiary/aromatic N) is 1. The Morgan fingerprint density at radius 1 is 0.743 bits per heavy atom. The molecule has 9 nitrogen and oxygen atoms in total. The average molecular weight is 479 g/mol. The highest BCUT2D eigenvalue weighted by atomic mass is 16.5. The zero-order valence-electron chi connectivity index (χ0n) is 20.2. The van der Waals surface area contributed by atoms with Gasteiger partial charge in [0.05, 0.1) is 39.7 Å². The van der Waals surface area contributed by atoms with E-state index in [1.165, 1.54) is 45.3 Å². The van der Waals surface area contributed by atoms with Gasteiger partial charge in [-0.2, -0.15) is 0 Å². The zero-order chi connectivity index (χ0) is 25.4. The molecule has 0 spiro atoms. The van der Waals surface area contributed by atoms with Gasteiger partial charge in [-0.25, -0.2) is 0 Å². The van der Waals surface area contributed by atoms with Crippen LogP contribution in [0.4, 0.5) is 5.69 Å². The van der Waals surface area contributed by atoms with Crippen LogP contribution >= 0.6 is 0 Å². The second kappa shape index (κ2) is 11.6. The summed E-state index contributed by atoms with van der Waals surface area (Å²) < 4.78 is 22.8. The lowest BCUT2D eigenvalue weighted by Crippen LogP contribution is -2.33. The van der Waals surface area contributed by atoms with Gasteiger partial charge >= 0.3 is 5.91 Å². The smallest absolute Gasteiger partial charge is 0.307 e. The van der Waals surface area contributed by atoms with Gasteiger partial charge in [-0.1, -0.05) is 18.2 Å². The summed E-state index contributed by atoms with van der Waals surface area (Å²) >= 11 is 0. The Balaban J connectivity index is 1.94. The van der Waals surface area contributed by atoms with E-state index in [1.54, 1.807) is 31.5 Å². The molecule has 0 aliphatic rings. The van der Waals surface area contributed by atoms with Crippen LogP contribution in [0.5, 0.6) is 23.0 Å². The standard InChI is InChI=1S/C26H27N3O6/c1-29(16-17-9-7-6-8-10-17)28-26(31)19-14-23(34-4)24(35-5)15-20(19)27-25(30)18-11-12-21(32-2)22(13-18)33-3/h6-16H,1-5H3,(H-,27,28,30,31)/p+1. The predicted octanol–water partition coefficient (Wildman–Crippen LogP) is 3.38. The monoisotopic (exact) mass is 478 g/mol. The number of amides is 2. The van der Waals surface area contributed by atoms with Gasteiger partial charge < -0.3 is 24.3 Å². The molecule has 0 bridgehead atoms. The SMILES string of the molecule is COc1ccc(C(=O)Nc2cc(OC)c(OC)cc2C(=O)N[N+](C)=Cc2ccccc2)cc1OC. The van der Waals surface area contributed by atoms with Crippen LogP contribution in [0.15, 0.2) is 60.7 Å². The first-order chi connectivity index (χ1) is 16.9. The molecule has 0 heterocycles. The Bertz CT molecular complexity index is 1240. The maximum atomic E-state index is 13.2. The lowest BCUT2D eigenvalue weighted by molar-refractivity contribution is -0.539. The number of hydrazone groups is 1. The van der Waals surface area contributed by atoms with Crippen molar-refractivity contribution in [2.75, 3.05) is 40.8 Å². The second-order valence-corrected chi connectivity index (χ2v) is 7.37. The molecule has 3 aromatic carbocycles. The summed E-state index contributed by atoms with van der Waals surface area (Å²) in [6.07, 6.45) is 1.76. The molecule has 3 aromatic rings. The van der Waals surface area contributed by atoms with Crippen molar-refractivity contribution in [3.05, 3.63) is 77.4 Å². The highest BCUT2D eigenvalue weighted by molar-refractivity contribution is 6.09. The number of carbonyl (C=O) groups is 2. The molecule has 0 radical (unpaired) electrons. The first-order valence-electron chi connectivity index (χ1n) is 10.6. The molecule has 182 valence electrons. The highest BCUT2D eigenvalue weighted by Crippen LogP contribution is 2.34. The van der Waals surface area contributed by atoms with E-state index >= 15 is 0 Å². The molecule has 0 saturated carbocycles. The van der Waals surface area contributed by atoms with Crippen LogP contribution in [0.25, 0.3) is 0 Å². The van der Waals surface area contributed by atoms with Gasteiger partial charge in [0.15, 0.2) is 30.0 Å². The third kappa shape index (κ3) is 6.08. The third-order valence-electron chi connectivity index (χ3n) is 5.08. The molecule has 0 unspecified atom stereocenters. The zero-order valence-corrected chi connectivity index (χ0v) is 20.2. The van der Waals surface area contributed by atoms with Crippen molar-refractivity contribution in [2.24, 2.45) is 0 Å². The fraction of sp³-hybridized carbons (Fsp3) is 0.192. The number of nitrogens with one attached hydrogen (secondary N) is 2. The summed E-state index contributed by atoms with van der Waals surface area (Å²) in [6.45, 7) is 0. The van der Waals surface area contributed by atoms with Crippen LogP contribution in [-0.4, -0.2) is 58.2 Å². The van der Waals surface area contributed by atoms with Gasteiger partial charge in [0, 0.05) is 17.2 Å². The third-order valence-corrected chi connectivity index (χ3v) is 5.08. The van der Waals surface area contributed by atoms with Crippen molar-refractivity contribution in [3.63, 3.8) is 0 Å². The largest absolute Gasteiger partial charge is 0.493 e. The Hall–Kier alpha value is -4.53. The molecular formula is C26H28N3O6+. The summed E-state index contributed by atoms with van der Waals surface area (Å²) in [5, 5.41) is 2.79. The molecule has 0 fully saturated rings. The van der Waals surface area contributed by atoms with E-state index in [4.69, 9.17) is 18.9 Å². The summed E-state index contributed by atoms with van der Waals surface area (Å²) in [5.41, 5.74) is 4.43. The Labute approximate surface area is 203 Å². The van der Waals surface area contributed by atoms with Gasteiger partial charge in [0.25, 0.3) is 5.91 Å². The average Bonchev–Trinajstić information content (AvgIpc) is 2.88. The number of hydrogen-bond donors (Lipinski definition) is 2. The molecule has 0 aromatic heterocycles. The van der Waals surface area contributed by atoms with Crippen LogP contribution in [-0.2, 0) is 0 Å². The minimum Gasteiger partial charge on any atom is -0.493 e. The molecule has 35 heavy (non-hydrogen) atoms. The maximum absolute atomic E-state index is 13.2. The highest BCUT2D eigenvalue weighted by Gasteiger charge is 2.22. The van der Waals surface area contributed by atoms with Crippen LogP contribution in [0, 0.1) is 0 Å². The maximum Gasteiger partial charge on any atom is 0.307 e. The minimum atomic E-state index is -0.455. The van der Waals surface area contributed by atoms with Crippen LogP contribution < -0.4 is 29.7 Å². The second-order valence-electron chi connectivity index (χ2n) is 7.37. The molecule has 2 N–H and O–H groups in total. The van der Waals surface area contributed by atoms with Crippen LogP contribution in [0.1, 0.15) is 26.3 Å². The predicted molar refractivity (Wildman–Crippen MR) is 132 cm³/mol. The number of anilines is 1. The molecular weight excluding hydrogens is 450 g/mol. The first kappa shape index (κ1) is 25.1. The van der Waals surface area contributed by atoms with Gasteiger partial charge in [0.1, 0.15) is 0 Å². The first-order valence-corrected chi connectivity index (χ1v) is 10.6. The number of methoxy groups -OCH3 is 4. The van der Waals surface area contributed by atoms with E-state index < -0.39 is 11.8 Å². The fourth-order valence-electron chi connectivity index (χ4n) is 3.36. The van der Waals surface area contributed by atoms with Crippen LogP contribution in [0.3, 0.4) is 0 Å². The Morgan fingerprint density at radius 2 is 1.34 bits per heavy atom. The molecule has 3 rings (SSSR count). The van der Waals surface area contributed by atoms with Gasteiger partial charge in [-0.05, 0) is 36.4 Å². The van der Waals surface area contributed by atoms with Crippen molar-refractivity contribution in [2.45, 2.75) is 0 Å². The van der Waals surface area contributed by atoms with Crippen molar-refractivity contribution in [1.82, 2.24) is 5.43 Å². The van der Waals surface area contributed by atoms with Gasteiger partial charge in [-0.15, -0.1) is 10.1 Å². The van der Waals surface area contributed by atoms with Crippen molar-refractivity contribution in [1.29, 1.82) is 0 Å². The number of carbonyl (C=O) groups excluding carboxylic acids is 2. The van der Waals surface area contributed by atoms with E-state index in [9.17, 15) is 9.59 Å². The topological polar surface area (TPSA) is 98.1 Å². The van der Waals surface area contributed by atoms with Crippen LogP contribution in [0.2, 0.25) is 0 Å². The van der Waals surface area contributed by atoms with E-state index in [0.29, 0.717) is 28.6 Å². The van der Waals surface area contributed by atoms with Gasteiger partial charge in [0.2, 0.25) is 6.21 Å². The number of hydrazine groups is 1. The Kier molecular flexibility index (Phi) is 8.29. The summed E-state index contributed by atoms with van der Waals surface area (Å²) in [4.78, 5) is 26.2. The lowest BCUT2D eigenvalue weighted by Gasteiger charge is -2.15. The van der Waals surface area contributed by atoms with Crippen molar-refractivity contribution in [3.8, 4) is 23.0 Å². The van der Waals surface area contributed by atoms with Crippen molar-refractivity contribution < 1.29 is 33.2 Å². The van der Waals surface area contributed by atoms with Gasteiger partial charge in [-0.3, -0.25) is 9.59 Å². The normalized spacial score (nSPS) is 10.8. The van der Waals surface area contributed by atoms with E-state index in [1.807, 2.05) is 30.3 Å². The quantitative estimate of drug-likeness (QED) is 0.278. The molecule has 2 amide bonds. The summed E-state index contributed by atoms with van der Waals surface area (Å²) in [6, 6.07) is 17.4. The molecule has 0 saturated heterocycles.